The summed E-state index contributed by atoms with van der Waals surface area (Å²) in [7, 11) is 0. The van der Waals surface area contributed by atoms with Crippen LogP contribution in [0.3, 0.4) is 0 Å². The first-order valence-corrected chi connectivity index (χ1v) is 10.3. The largest absolute Gasteiger partial charge is 0.343 e. The lowest BCUT2D eigenvalue weighted by molar-refractivity contribution is -0.132. The molecule has 2 N–H and O–H groups in total. The molecule has 1 aliphatic heterocycles. The minimum atomic E-state index is 0.302. The van der Waals surface area contributed by atoms with Crippen LogP contribution in [0.2, 0.25) is 0 Å². The van der Waals surface area contributed by atoms with Gasteiger partial charge in [0, 0.05) is 38.0 Å². The van der Waals surface area contributed by atoms with E-state index in [0.717, 1.165) is 49.3 Å². The first-order valence-electron chi connectivity index (χ1n) is 10.3. The summed E-state index contributed by atoms with van der Waals surface area (Å²) in [5.74, 6) is 1.82. The maximum absolute atomic E-state index is 12.5. The fourth-order valence-corrected chi connectivity index (χ4v) is 4.42. The first kappa shape index (κ1) is 17.5. The van der Waals surface area contributed by atoms with Gasteiger partial charge in [-0.05, 0) is 37.8 Å². The number of H-pyrrole nitrogens is 1. The van der Waals surface area contributed by atoms with Gasteiger partial charge in [-0.3, -0.25) is 4.79 Å². The maximum atomic E-state index is 12.5. The average molecular weight is 354 g/mol. The zero-order chi connectivity index (χ0) is 17.8. The molecule has 2 aromatic rings. The Hall–Kier alpha value is -1.88. The number of para-hydroxylation sites is 2. The zero-order valence-corrected chi connectivity index (χ0v) is 15.5. The highest BCUT2D eigenvalue weighted by atomic mass is 16.2. The summed E-state index contributed by atoms with van der Waals surface area (Å²) < 4.78 is 0. The highest BCUT2D eigenvalue weighted by Crippen LogP contribution is 2.28. The maximum Gasteiger partial charge on any atom is 0.223 e. The van der Waals surface area contributed by atoms with Gasteiger partial charge in [0.15, 0.2) is 0 Å². The fraction of sp³-hybridized carbons (Fsp3) is 0.619. The molecule has 0 spiro atoms. The fourth-order valence-electron chi connectivity index (χ4n) is 4.42. The summed E-state index contributed by atoms with van der Waals surface area (Å²) in [4.78, 5) is 22.7. The Morgan fingerprint density at radius 2 is 1.88 bits per heavy atom. The van der Waals surface area contributed by atoms with Crippen molar-refractivity contribution in [2.75, 3.05) is 19.6 Å². The minimum Gasteiger partial charge on any atom is -0.343 e. The van der Waals surface area contributed by atoms with Crippen LogP contribution in [-0.4, -0.2) is 46.5 Å². The van der Waals surface area contributed by atoms with E-state index in [-0.39, 0.29) is 0 Å². The van der Waals surface area contributed by atoms with Crippen molar-refractivity contribution in [2.45, 2.75) is 63.3 Å². The lowest BCUT2D eigenvalue weighted by atomic mass is 9.95. The van der Waals surface area contributed by atoms with Gasteiger partial charge in [-0.15, -0.1) is 0 Å². The molecule has 0 atom stereocenters. The van der Waals surface area contributed by atoms with Crippen LogP contribution in [0.1, 0.15) is 63.1 Å². The molecule has 140 valence electrons. The van der Waals surface area contributed by atoms with Crippen molar-refractivity contribution in [1.29, 1.82) is 0 Å². The van der Waals surface area contributed by atoms with Gasteiger partial charge in [0.05, 0.1) is 11.0 Å². The van der Waals surface area contributed by atoms with E-state index in [2.05, 4.69) is 16.4 Å². The van der Waals surface area contributed by atoms with Crippen molar-refractivity contribution in [3.63, 3.8) is 0 Å². The van der Waals surface area contributed by atoms with Gasteiger partial charge < -0.3 is 15.2 Å². The number of carbonyl (C=O) groups excluding carboxylic acids is 1. The van der Waals surface area contributed by atoms with Crippen LogP contribution in [0.5, 0.6) is 0 Å². The van der Waals surface area contributed by atoms with Crippen molar-refractivity contribution in [1.82, 2.24) is 20.2 Å². The molecule has 5 heteroatoms. The minimum absolute atomic E-state index is 0.302. The lowest BCUT2D eigenvalue weighted by Crippen LogP contribution is -2.40. The number of amides is 1. The van der Waals surface area contributed by atoms with Crippen LogP contribution in [0.15, 0.2) is 24.3 Å². The monoisotopic (exact) mass is 354 g/mol. The molecular weight excluding hydrogens is 324 g/mol. The van der Waals surface area contributed by atoms with Crippen LogP contribution >= 0.6 is 0 Å². The summed E-state index contributed by atoms with van der Waals surface area (Å²) in [5, 5.41) is 3.58. The van der Waals surface area contributed by atoms with E-state index in [4.69, 9.17) is 4.98 Å². The number of nitrogens with one attached hydrogen (secondary N) is 2. The molecular formula is C21H30N4O. The van der Waals surface area contributed by atoms with Crippen LogP contribution in [0.25, 0.3) is 11.0 Å². The van der Waals surface area contributed by atoms with E-state index in [1.165, 1.54) is 32.1 Å². The van der Waals surface area contributed by atoms with Crippen molar-refractivity contribution in [3.05, 3.63) is 30.1 Å². The number of benzene rings is 1. The predicted octanol–water partition coefficient (Wildman–Crippen LogP) is 3.58. The molecule has 1 aliphatic carbocycles. The molecule has 0 radical (unpaired) electrons. The smallest absolute Gasteiger partial charge is 0.223 e. The molecule has 1 aromatic carbocycles. The van der Waals surface area contributed by atoms with Gasteiger partial charge in [-0.25, -0.2) is 4.98 Å². The topological polar surface area (TPSA) is 61.0 Å². The number of rotatable bonds is 5. The van der Waals surface area contributed by atoms with Crippen LogP contribution in [0, 0.1) is 0 Å². The Kier molecular flexibility index (Phi) is 5.54. The Balaban J connectivity index is 1.23. The number of hydrogen-bond acceptors (Lipinski definition) is 3. The summed E-state index contributed by atoms with van der Waals surface area (Å²) in [6.45, 7) is 2.53. The third-order valence-corrected chi connectivity index (χ3v) is 6.02. The number of aromatic nitrogens is 2. The van der Waals surface area contributed by atoms with E-state index >= 15 is 0 Å². The molecule has 2 fully saturated rings. The molecule has 2 heterocycles. The molecule has 1 saturated carbocycles. The second kappa shape index (κ2) is 8.21. The average Bonchev–Trinajstić information content (AvgIpc) is 3.13. The normalized spacial score (nSPS) is 19.9. The molecule has 0 bridgehead atoms. The second-order valence-electron chi connectivity index (χ2n) is 7.83. The molecule has 1 amide bonds. The van der Waals surface area contributed by atoms with Crippen LogP contribution in [0.4, 0.5) is 0 Å². The third kappa shape index (κ3) is 4.09. The van der Waals surface area contributed by atoms with E-state index < -0.39 is 0 Å². The number of hydrogen-bond donors (Lipinski definition) is 2. The molecule has 1 saturated heterocycles. The molecule has 1 aromatic heterocycles. The highest BCUT2D eigenvalue weighted by Gasteiger charge is 2.25. The molecule has 5 nitrogen and oxygen atoms in total. The van der Waals surface area contributed by atoms with Crippen molar-refractivity contribution in [3.8, 4) is 0 Å². The highest BCUT2D eigenvalue weighted by molar-refractivity contribution is 5.76. The van der Waals surface area contributed by atoms with Gasteiger partial charge in [0.2, 0.25) is 5.91 Å². The van der Waals surface area contributed by atoms with Gasteiger partial charge in [-0.2, -0.15) is 0 Å². The molecule has 4 rings (SSSR count). The lowest BCUT2D eigenvalue weighted by Gasteiger charge is -2.31. The summed E-state index contributed by atoms with van der Waals surface area (Å²) in [6, 6.07) is 8.81. The first-order chi connectivity index (χ1) is 12.8. The number of aromatic amines is 1. The summed E-state index contributed by atoms with van der Waals surface area (Å²) >= 11 is 0. The summed E-state index contributed by atoms with van der Waals surface area (Å²) in [5.41, 5.74) is 2.14. The predicted molar refractivity (Wildman–Crippen MR) is 104 cm³/mol. The Bertz CT molecular complexity index is 693. The van der Waals surface area contributed by atoms with Crippen molar-refractivity contribution >= 4 is 16.9 Å². The molecule has 2 aliphatic rings. The SMILES string of the molecule is O=C(CCNC1CCCCC1)N1CCC(c2nc3ccccc3[nH]2)CC1. The number of piperidine rings is 1. The number of fused-ring (bicyclic) bond motifs is 1. The molecule has 0 unspecified atom stereocenters. The van der Waals surface area contributed by atoms with Crippen molar-refractivity contribution in [2.24, 2.45) is 0 Å². The van der Waals surface area contributed by atoms with Gasteiger partial charge in [0.1, 0.15) is 5.82 Å². The second-order valence-corrected chi connectivity index (χ2v) is 7.83. The van der Waals surface area contributed by atoms with E-state index in [1.807, 2.05) is 23.1 Å². The quantitative estimate of drug-likeness (QED) is 0.863. The summed E-state index contributed by atoms with van der Waals surface area (Å²) in [6.07, 6.45) is 9.22. The van der Waals surface area contributed by atoms with Crippen molar-refractivity contribution < 1.29 is 4.79 Å². The number of carbonyl (C=O) groups is 1. The van der Waals surface area contributed by atoms with Crippen LogP contribution < -0.4 is 5.32 Å². The Morgan fingerprint density at radius 3 is 2.65 bits per heavy atom. The number of imidazole rings is 1. The van der Waals surface area contributed by atoms with E-state index in [9.17, 15) is 4.79 Å². The van der Waals surface area contributed by atoms with Gasteiger partial charge in [-0.1, -0.05) is 31.4 Å². The Labute approximate surface area is 155 Å². The van der Waals surface area contributed by atoms with E-state index in [1.54, 1.807) is 0 Å². The van der Waals surface area contributed by atoms with Crippen LogP contribution in [-0.2, 0) is 4.79 Å². The zero-order valence-electron chi connectivity index (χ0n) is 15.5. The van der Waals surface area contributed by atoms with Gasteiger partial charge in [0.25, 0.3) is 0 Å². The van der Waals surface area contributed by atoms with E-state index in [0.29, 0.717) is 24.3 Å². The number of nitrogens with zero attached hydrogens (tertiary/aromatic N) is 2. The molecule has 26 heavy (non-hydrogen) atoms. The number of likely N-dealkylation sites (tertiary alicyclic amines) is 1. The third-order valence-electron chi connectivity index (χ3n) is 6.02. The Morgan fingerprint density at radius 1 is 1.12 bits per heavy atom. The standard InChI is InChI=1S/C21H30N4O/c26-20(10-13-22-17-6-2-1-3-7-17)25-14-11-16(12-15-25)21-23-18-8-4-5-9-19(18)24-21/h4-5,8-9,16-17,22H,1-3,6-7,10-15H2,(H,23,24). The van der Waals surface area contributed by atoms with Gasteiger partial charge >= 0.3 is 0 Å².